The number of thiophene rings is 1. The second-order valence-corrected chi connectivity index (χ2v) is 8.24. The molecule has 0 saturated carbocycles. The maximum absolute atomic E-state index is 13.9. The Labute approximate surface area is 175 Å². The highest BCUT2D eigenvalue weighted by atomic mass is 32.1. The van der Waals surface area contributed by atoms with E-state index in [0.717, 1.165) is 0 Å². The summed E-state index contributed by atoms with van der Waals surface area (Å²) in [5.74, 6) is -0.464. The van der Waals surface area contributed by atoms with Gasteiger partial charge in [-0.15, -0.1) is 11.3 Å². The van der Waals surface area contributed by atoms with Gasteiger partial charge in [0.25, 0.3) is 5.91 Å². The molecule has 1 N–H and O–H groups in total. The predicted octanol–water partition coefficient (Wildman–Crippen LogP) is 3.49. The number of halogens is 1. The molecule has 4 rings (SSSR count). The summed E-state index contributed by atoms with van der Waals surface area (Å²) in [6.07, 6.45) is 0.185. The first-order valence-electron chi connectivity index (χ1n) is 9.15. The topological polar surface area (TPSA) is 65.5 Å². The average molecular weight is 431 g/mol. The van der Waals surface area contributed by atoms with Crippen molar-refractivity contribution in [2.24, 2.45) is 0 Å². The van der Waals surface area contributed by atoms with Gasteiger partial charge in [0.1, 0.15) is 5.82 Å². The Balaban J connectivity index is 1.30. The van der Waals surface area contributed by atoms with E-state index in [4.69, 9.17) is 0 Å². The molecule has 0 unspecified atom stereocenters. The molecule has 0 aliphatic carbocycles. The van der Waals surface area contributed by atoms with E-state index in [1.54, 1.807) is 33.9 Å². The van der Waals surface area contributed by atoms with Crippen molar-refractivity contribution in [1.82, 2.24) is 9.88 Å². The Morgan fingerprint density at radius 1 is 1.10 bits per heavy atom. The molecule has 0 bridgehead atoms. The highest BCUT2D eigenvalue weighted by Gasteiger charge is 2.23. The lowest BCUT2D eigenvalue weighted by Crippen LogP contribution is -2.49. The molecule has 3 heterocycles. The maximum Gasteiger partial charge on any atom is 0.258 e. The van der Waals surface area contributed by atoms with Gasteiger partial charge < -0.3 is 9.80 Å². The Kier molecular flexibility index (Phi) is 5.86. The van der Waals surface area contributed by atoms with E-state index in [1.807, 2.05) is 16.3 Å². The molecule has 150 valence electrons. The summed E-state index contributed by atoms with van der Waals surface area (Å²) in [7, 11) is 0. The summed E-state index contributed by atoms with van der Waals surface area (Å²) >= 11 is 2.76. The van der Waals surface area contributed by atoms with Crippen LogP contribution in [0.25, 0.3) is 0 Å². The fourth-order valence-corrected chi connectivity index (χ4v) is 4.52. The number of thiazole rings is 1. The minimum atomic E-state index is -0.244. The first kappa shape index (κ1) is 19.5. The van der Waals surface area contributed by atoms with Crippen molar-refractivity contribution < 1.29 is 14.0 Å². The second kappa shape index (κ2) is 8.71. The van der Waals surface area contributed by atoms with Crippen molar-refractivity contribution >= 4 is 45.3 Å². The van der Waals surface area contributed by atoms with Crippen LogP contribution in [0.15, 0.2) is 46.5 Å². The van der Waals surface area contributed by atoms with E-state index in [9.17, 15) is 14.0 Å². The van der Waals surface area contributed by atoms with Crippen molar-refractivity contribution in [2.75, 3.05) is 36.4 Å². The zero-order chi connectivity index (χ0) is 20.2. The van der Waals surface area contributed by atoms with Crippen LogP contribution in [-0.4, -0.2) is 47.9 Å². The van der Waals surface area contributed by atoms with Crippen molar-refractivity contribution in [3.05, 3.63) is 63.5 Å². The summed E-state index contributed by atoms with van der Waals surface area (Å²) in [6.45, 7) is 2.26. The number of nitrogens with one attached hydrogen (secondary N) is 1. The van der Waals surface area contributed by atoms with Crippen LogP contribution >= 0.6 is 22.7 Å². The SMILES string of the molecule is O=C(Nc1nc(CC(=O)N2CCN(c3ccccc3F)CC2)cs1)c1ccsc1. The quantitative estimate of drug-likeness (QED) is 0.673. The molecular weight excluding hydrogens is 411 g/mol. The Hall–Kier alpha value is -2.78. The maximum atomic E-state index is 13.9. The van der Waals surface area contributed by atoms with Crippen molar-refractivity contribution in [2.45, 2.75) is 6.42 Å². The van der Waals surface area contributed by atoms with Gasteiger partial charge in [0.05, 0.1) is 23.4 Å². The molecule has 0 radical (unpaired) electrons. The third kappa shape index (κ3) is 4.63. The van der Waals surface area contributed by atoms with Crippen molar-refractivity contribution in [1.29, 1.82) is 0 Å². The number of benzene rings is 1. The molecule has 0 spiro atoms. The monoisotopic (exact) mass is 430 g/mol. The summed E-state index contributed by atoms with van der Waals surface area (Å²) in [4.78, 5) is 32.8. The largest absolute Gasteiger partial charge is 0.366 e. The van der Waals surface area contributed by atoms with Crippen LogP contribution in [0.2, 0.25) is 0 Å². The fourth-order valence-electron chi connectivity index (χ4n) is 3.18. The van der Waals surface area contributed by atoms with E-state index in [-0.39, 0.29) is 24.1 Å². The molecule has 2 aromatic heterocycles. The molecular formula is C20H19FN4O2S2. The number of para-hydroxylation sites is 1. The van der Waals surface area contributed by atoms with Gasteiger partial charge in [0.15, 0.2) is 5.13 Å². The van der Waals surface area contributed by atoms with Crippen LogP contribution in [0.3, 0.4) is 0 Å². The summed E-state index contributed by atoms with van der Waals surface area (Å²) in [6, 6.07) is 8.44. The smallest absolute Gasteiger partial charge is 0.258 e. The Morgan fingerprint density at radius 3 is 2.62 bits per heavy atom. The number of hydrogen-bond acceptors (Lipinski definition) is 6. The van der Waals surface area contributed by atoms with E-state index < -0.39 is 0 Å². The molecule has 0 atom stereocenters. The van der Waals surface area contributed by atoms with Gasteiger partial charge in [-0.05, 0) is 23.6 Å². The van der Waals surface area contributed by atoms with E-state index >= 15 is 0 Å². The summed E-state index contributed by atoms with van der Waals surface area (Å²) < 4.78 is 13.9. The van der Waals surface area contributed by atoms with Crippen LogP contribution in [0.1, 0.15) is 16.1 Å². The summed E-state index contributed by atoms with van der Waals surface area (Å²) in [5, 5.41) is 8.64. The lowest BCUT2D eigenvalue weighted by molar-refractivity contribution is -0.130. The molecule has 1 aliphatic heterocycles. The third-order valence-corrected chi connectivity index (χ3v) is 6.20. The van der Waals surface area contributed by atoms with Crippen LogP contribution in [-0.2, 0) is 11.2 Å². The highest BCUT2D eigenvalue weighted by Crippen LogP contribution is 2.21. The van der Waals surface area contributed by atoms with Gasteiger partial charge in [-0.25, -0.2) is 9.37 Å². The molecule has 2 amide bonds. The van der Waals surface area contributed by atoms with Gasteiger partial charge >= 0.3 is 0 Å². The van der Waals surface area contributed by atoms with Crippen LogP contribution in [0.5, 0.6) is 0 Å². The Bertz CT molecular complexity index is 998. The number of aromatic nitrogens is 1. The number of amides is 2. The standard InChI is InChI=1S/C20H19FN4O2S2/c21-16-3-1-2-4-17(16)24-6-8-25(9-7-24)18(26)11-15-13-29-20(22-15)23-19(27)14-5-10-28-12-14/h1-5,10,12-13H,6-9,11H2,(H,22,23,27). The number of nitrogens with zero attached hydrogens (tertiary/aromatic N) is 3. The van der Waals surface area contributed by atoms with E-state index in [1.165, 1.54) is 28.7 Å². The molecule has 9 heteroatoms. The first-order valence-corrected chi connectivity index (χ1v) is 11.0. The Morgan fingerprint density at radius 2 is 1.90 bits per heavy atom. The van der Waals surface area contributed by atoms with Crippen LogP contribution in [0, 0.1) is 5.82 Å². The minimum Gasteiger partial charge on any atom is -0.366 e. The predicted molar refractivity (Wildman–Crippen MR) is 113 cm³/mol. The zero-order valence-electron chi connectivity index (χ0n) is 15.5. The molecule has 1 saturated heterocycles. The highest BCUT2D eigenvalue weighted by molar-refractivity contribution is 7.14. The van der Waals surface area contributed by atoms with Gasteiger partial charge in [-0.1, -0.05) is 12.1 Å². The normalized spacial score (nSPS) is 14.1. The molecule has 3 aromatic rings. The van der Waals surface area contributed by atoms with E-state index in [0.29, 0.717) is 48.3 Å². The number of hydrogen-bond donors (Lipinski definition) is 1. The third-order valence-electron chi connectivity index (χ3n) is 4.71. The number of carbonyl (C=O) groups excluding carboxylic acids is 2. The first-order chi connectivity index (χ1) is 14.1. The van der Waals surface area contributed by atoms with Crippen molar-refractivity contribution in [3.63, 3.8) is 0 Å². The van der Waals surface area contributed by atoms with Crippen LogP contribution in [0.4, 0.5) is 15.2 Å². The van der Waals surface area contributed by atoms with Gasteiger partial charge in [0, 0.05) is 36.9 Å². The van der Waals surface area contributed by atoms with Crippen LogP contribution < -0.4 is 10.2 Å². The zero-order valence-corrected chi connectivity index (χ0v) is 17.1. The molecule has 1 fully saturated rings. The average Bonchev–Trinajstić information content (AvgIpc) is 3.41. The molecule has 1 aromatic carbocycles. The van der Waals surface area contributed by atoms with Crippen molar-refractivity contribution in [3.8, 4) is 0 Å². The number of carbonyl (C=O) groups is 2. The van der Waals surface area contributed by atoms with Gasteiger partial charge in [-0.2, -0.15) is 11.3 Å². The lowest BCUT2D eigenvalue weighted by Gasteiger charge is -2.36. The lowest BCUT2D eigenvalue weighted by atomic mass is 10.2. The number of piperazine rings is 1. The summed E-state index contributed by atoms with van der Waals surface area (Å²) in [5.41, 5.74) is 1.80. The minimum absolute atomic E-state index is 0.0146. The number of anilines is 2. The van der Waals surface area contributed by atoms with E-state index in [2.05, 4.69) is 10.3 Å². The van der Waals surface area contributed by atoms with Gasteiger partial charge in [-0.3, -0.25) is 14.9 Å². The number of rotatable bonds is 5. The molecule has 29 heavy (non-hydrogen) atoms. The second-order valence-electron chi connectivity index (χ2n) is 6.61. The van der Waals surface area contributed by atoms with Gasteiger partial charge in [0.2, 0.25) is 5.91 Å². The fraction of sp³-hybridized carbons (Fsp3) is 0.250. The molecule has 1 aliphatic rings. The molecule has 6 nitrogen and oxygen atoms in total.